The van der Waals surface area contributed by atoms with Crippen LogP contribution in [0.5, 0.6) is 0 Å². The number of aromatic nitrogens is 1. The van der Waals surface area contributed by atoms with E-state index in [1.807, 2.05) is 36.4 Å². The van der Waals surface area contributed by atoms with E-state index in [0.29, 0.717) is 11.7 Å². The van der Waals surface area contributed by atoms with Crippen molar-refractivity contribution in [2.45, 2.75) is 38.3 Å². The maximum absolute atomic E-state index is 10.4. The summed E-state index contributed by atoms with van der Waals surface area (Å²) in [5.41, 5.74) is 8.59. The van der Waals surface area contributed by atoms with Crippen molar-refractivity contribution in [1.29, 1.82) is 0 Å². The Kier molecular flexibility index (Phi) is 5.76. The van der Waals surface area contributed by atoms with Gasteiger partial charge in [0.25, 0.3) is 0 Å². The zero-order chi connectivity index (χ0) is 23.5. The number of aliphatic imine (C=N–C) groups is 1. The molecule has 0 radical (unpaired) electrons. The third-order valence-electron chi connectivity index (χ3n) is 7.51. The Labute approximate surface area is 224 Å². The Balaban J connectivity index is 0.00000240. The molecule has 3 aromatic carbocycles. The van der Waals surface area contributed by atoms with Gasteiger partial charge in [0.1, 0.15) is 11.7 Å². The van der Waals surface area contributed by atoms with Crippen molar-refractivity contribution in [3.63, 3.8) is 0 Å². The van der Waals surface area contributed by atoms with Crippen LogP contribution in [0.25, 0.3) is 27.6 Å². The molecule has 3 unspecified atom stereocenters. The topological polar surface area (TPSA) is 63.9 Å². The van der Waals surface area contributed by atoms with Gasteiger partial charge in [0, 0.05) is 17.5 Å². The molecule has 180 valence electrons. The van der Waals surface area contributed by atoms with E-state index in [1.165, 1.54) is 11.1 Å². The van der Waals surface area contributed by atoms with E-state index in [4.69, 9.17) is 14.4 Å². The molecular weight excluding hydrogens is 627 g/mol. The third kappa shape index (κ3) is 3.52. The summed E-state index contributed by atoms with van der Waals surface area (Å²) in [6.07, 6.45) is 5.19. The molecule has 0 amide bonds. The Morgan fingerprint density at radius 3 is 2.78 bits per heavy atom. The van der Waals surface area contributed by atoms with Crippen LogP contribution in [0.4, 0.5) is 11.7 Å². The van der Waals surface area contributed by atoms with Crippen LogP contribution in [-0.2, 0) is 21.1 Å². The largest absolute Gasteiger partial charge is 2.00 e. The molecule has 1 fully saturated rings. The van der Waals surface area contributed by atoms with Crippen LogP contribution in [0.2, 0.25) is 0 Å². The van der Waals surface area contributed by atoms with Crippen LogP contribution in [0.15, 0.2) is 87.8 Å². The van der Waals surface area contributed by atoms with Gasteiger partial charge in [-0.25, -0.2) is 4.98 Å². The minimum absolute atomic E-state index is 0. The fourth-order valence-corrected chi connectivity index (χ4v) is 5.89. The summed E-state index contributed by atoms with van der Waals surface area (Å²) in [4.78, 5) is 12.4. The van der Waals surface area contributed by atoms with Gasteiger partial charge in [0.15, 0.2) is 0 Å². The van der Waals surface area contributed by atoms with Gasteiger partial charge in [0.05, 0.1) is 11.2 Å². The summed E-state index contributed by atoms with van der Waals surface area (Å²) in [5.74, 6) is 0.116. The van der Waals surface area contributed by atoms with E-state index in [0.717, 1.165) is 52.9 Å². The van der Waals surface area contributed by atoms with Crippen molar-refractivity contribution in [3.05, 3.63) is 95.4 Å². The van der Waals surface area contributed by atoms with Crippen molar-refractivity contribution < 1.29 is 25.5 Å². The van der Waals surface area contributed by atoms with Crippen LogP contribution >= 0.6 is 0 Å². The first-order valence-corrected chi connectivity index (χ1v) is 12.2. The summed E-state index contributed by atoms with van der Waals surface area (Å²) < 4.78 is 6.39. The molecule has 0 saturated heterocycles. The molecule has 1 aliphatic carbocycles. The Hall–Kier alpha value is -3.30. The van der Waals surface area contributed by atoms with Crippen molar-refractivity contribution in [3.8, 4) is 11.1 Å². The molecule has 1 aromatic heterocycles. The zero-order valence-corrected chi connectivity index (χ0v) is 22.1. The first-order chi connectivity index (χ1) is 17.2. The van der Waals surface area contributed by atoms with Crippen LogP contribution in [0.1, 0.15) is 37.7 Å². The SMILES string of the molecule is CC(=[N-])C1CCCC2=CC3c4ccccc4N(c4nc5c(-c6[c-]cccc6)cccc5o4)C3N=C21.[Pt+2]. The van der Waals surface area contributed by atoms with E-state index >= 15 is 0 Å². The second-order valence-electron chi connectivity index (χ2n) is 9.59. The summed E-state index contributed by atoms with van der Waals surface area (Å²) in [6, 6.07) is 26.2. The number of benzene rings is 3. The number of oxazole rings is 1. The molecule has 0 bridgehead atoms. The number of allylic oxidation sites excluding steroid dienone is 1. The summed E-state index contributed by atoms with van der Waals surface area (Å²) >= 11 is 0. The van der Waals surface area contributed by atoms with E-state index in [-0.39, 0.29) is 39.1 Å². The van der Waals surface area contributed by atoms with Crippen molar-refractivity contribution in [2.75, 3.05) is 4.90 Å². The number of dihydropyridines is 1. The number of fused-ring (bicyclic) bond motifs is 5. The minimum Gasteiger partial charge on any atom is -0.811 e. The fraction of sp³-hybridized carbons (Fsp3) is 0.233. The minimum atomic E-state index is -0.189. The molecule has 3 heterocycles. The predicted octanol–water partition coefficient (Wildman–Crippen LogP) is 7.07. The number of anilines is 2. The van der Waals surface area contributed by atoms with Crippen LogP contribution in [-0.4, -0.2) is 22.6 Å². The monoisotopic (exact) mass is 651 g/mol. The van der Waals surface area contributed by atoms with Gasteiger partial charge in [-0.2, -0.15) is 5.71 Å². The van der Waals surface area contributed by atoms with E-state index < -0.39 is 0 Å². The molecule has 2 aliphatic heterocycles. The molecule has 4 aromatic rings. The first-order valence-electron chi connectivity index (χ1n) is 12.2. The molecule has 3 aliphatic rings. The standard InChI is InChI=1S/C30H24N4O.Pt/c1-18(31)21-13-7-11-20-17-24-23-12-5-6-15-25(23)34(29(24)32-27(20)21)30-33-28-22(14-8-16-26(28)35-30)19-9-3-2-4-10-19;/h2-6,8-9,12,14-17,21,24,29H,7,11,13H2,1H3;/q-2;+2. The molecule has 0 N–H and O–H groups in total. The van der Waals surface area contributed by atoms with E-state index in [9.17, 15) is 5.41 Å². The predicted molar refractivity (Wildman–Crippen MR) is 140 cm³/mol. The van der Waals surface area contributed by atoms with Crippen molar-refractivity contribution >= 4 is 34.2 Å². The first kappa shape index (κ1) is 23.1. The Bertz CT molecular complexity index is 1540. The smallest absolute Gasteiger partial charge is 0.811 e. The number of para-hydroxylation sites is 2. The molecule has 0 spiro atoms. The number of rotatable bonds is 3. The van der Waals surface area contributed by atoms with Gasteiger partial charge in [-0.05, 0) is 42.5 Å². The van der Waals surface area contributed by atoms with Gasteiger partial charge in [-0.1, -0.05) is 48.9 Å². The van der Waals surface area contributed by atoms with Crippen molar-refractivity contribution in [1.82, 2.24) is 4.98 Å². The molecular formula is C30H24N4OPt. The van der Waals surface area contributed by atoms with Crippen LogP contribution < -0.4 is 4.90 Å². The Morgan fingerprint density at radius 2 is 1.94 bits per heavy atom. The number of hydrogen-bond donors (Lipinski definition) is 0. The summed E-state index contributed by atoms with van der Waals surface area (Å²) in [6.45, 7) is 1.80. The number of nitrogens with zero attached hydrogens (tertiary/aromatic N) is 4. The molecule has 7 rings (SSSR count). The third-order valence-corrected chi connectivity index (χ3v) is 7.51. The summed E-state index contributed by atoms with van der Waals surface area (Å²) in [7, 11) is 0. The average Bonchev–Trinajstić information content (AvgIpc) is 3.46. The molecule has 5 nitrogen and oxygen atoms in total. The fourth-order valence-electron chi connectivity index (χ4n) is 5.89. The molecule has 6 heteroatoms. The van der Waals surface area contributed by atoms with Gasteiger partial charge in [0.2, 0.25) is 0 Å². The van der Waals surface area contributed by atoms with Crippen LogP contribution in [0.3, 0.4) is 0 Å². The van der Waals surface area contributed by atoms with Gasteiger partial charge in [-0.15, -0.1) is 35.9 Å². The quantitative estimate of drug-likeness (QED) is 0.176. The zero-order valence-electron chi connectivity index (χ0n) is 19.8. The summed E-state index contributed by atoms with van der Waals surface area (Å²) in [5, 5.41) is 10.4. The second kappa shape index (κ2) is 8.97. The average molecular weight is 652 g/mol. The van der Waals surface area contributed by atoms with Crippen molar-refractivity contribution in [2.24, 2.45) is 10.9 Å². The molecule has 1 saturated carbocycles. The normalized spacial score (nSPS) is 22.1. The Morgan fingerprint density at radius 1 is 1.08 bits per heavy atom. The maximum Gasteiger partial charge on any atom is 2.00 e. The molecule has 3 atom stereocenters. The van der Waals surface area contributed by atoms with Gasteiger partial charge >= 0.3 is 27.1 Å². The second-order valence-corrected chi connectivity index (χ2v) is 9.59. The van der Waals surface area contributed by atoms with Gasteiger partial charge < -0.3 is 9.83 Å². The van der Waals surface area contributed by atoms with E-state index in [1.54, 1.807) is 6.92 Å². The number of hydrogen-bond acceptors (Lipinski definition) is 4. The van der Waals surface area contributed by atoms with Crippen LogP contribution in [0, 0.1) is 12.0 Å². The molecule has 36 heavy (non-hydrogen) atoms. The maximum atomic E-state index is 10.4. The van der Waals surface area contributed by atoms with Gasteiger partial charge in [-0.3, -0.25) is 9.89 Å². The van der Waals surface area contributed by atoms with E-state index in [2.05, 4.69) is 47.4 Å².